The first-order valence-electron chi connectivity index (χ1n) is 8.12. The van der Waals surface area contributed by atoms with Crippen LogP contribution in [-0.4, -0.2) is 33.5 Å². The molecule has 3 rings (SSSR count). The van der Waals surface area contributed by atoms with Crippen LogP contribution in [0.4, 0.5) is 0 Å². The van der Waals surface area contributed by atoms with E-state index in [1.54, 1.807) is 0 Å². The standard InChI is InChI=1S/C16H28N4O/c1-9-10(2)21-11(3)12(9)14-18-19-15-13(16(4,5)6)17-7-8-20(14)15/h9-13,17H,7-8H2,1-6H3. The minimum absolute atomic E-state index is 0.138. The Morgan fingerprint density at radius 3 is 2.33 bits per heavy atom. The van der Waals surface area contributed by atoms with Gasteiger partial charge >= 0.3 is 0 Å². The molecule has 1 fully saturated rings. The molecular weight excluding hydrogens is 264 g/mol. The molecule has 1 aromatic heterocycles. The Morgan fingerprint density at radius 1 is 1.10 bits per heavy atom. The van der Waals surface area contributed by atoms with E-state index in [1.807, 2.05) is 0 Å². The van der Waals surface area contributed by atoms with Crippen molar-refractivity contribution in [2.45, 2.75) is 72.3 Å². The van der Waals surface area contributed by atoms with Gasteiger partial charge in [-0.3, -0.25) is 0 Å². The quantitative estimate of drug-likeness (QED) is 0.864. The van der Waals surface area contributed by atoms with Crippen LogP contribution in [0.1, 0.15) is 65.2 Å². The van der Waals surface area contributed by atoms with Crippen LogP contribution in [0.5, 0.6) is 0 Å². The van der Waals surface area contributed by atoms with E-state index < -0.39 is 0 Å². The van der Waals surface area contributed by atoms with Crippen molar-refractivity contribution in [3.63, 3.8) is 0 Å². The maximum absolute atomic E-state index is 6.00. The molecule has 2 aliphatic rings. The number of nitrogens with zero attached hydrogens (tertiary/aromatic N) is 3. The molecule has 5 heteroatoms. The van der Waals surface area contributed by atoms with Crippen molar-refractivity contribution in [3.8, 4) is 0 Å². The van der Waals surface area contributed by atoms with Gasteiger partial charge in [0.05, 0.1) is 24.2 Å². The van der Waals surface area contributed by atoms with Crippen molar-refractivity contribution in [1.82, 2.24) is 20.1 Å². The molecule has 0 bridgehead atoms. The van der Waals surface area contributed by atoms with E-state index in [9.17, 15) is 0 Å². The lowest BCUT2D eigenvalue weighted by Crippen LogP contribution is -2.41. The number of fused-ring (bicyclic) bond motifs is 1. The fourth-order valence-corrected chi connectivity index (χ4v) is 3.83. The minimum Gasteiger partial charge on any atom is -0.374 e. The fraction of sp³-hybridized carbons (Fsp3) is 0.875. The van der Waals surface area contributed by atoms with Gasteiger partial charge in [0.25, 0.3) is 0 Å². The number of aromatic nitrogens is 3. The molecule has 5 unspecified atom stereocenters. The first-order chi connectivity index (χ1) is 9.80. The predicted octanol–water partition coefficient (Wildman–Crippen LogP) is 2.50. The van der Waals surface area contributed by atoms with E-state index in [4.69, 9.17) is 4.74 Å². The molecule has 0 radical (unpaired) electrons. The van der Waals surface area contributed by atoms with Crippen LogP contribution in [0.25, 0.3) is 0 Å². The molecule has 0 aliphatic carbocycles. The van der Waals surface area contributed by atoms with Crippen LogP contribution in [0.3, 0.4) is 0 Å². The van der Waals surface area contributed by atoms with Crippen molar-refractivity contribution in [1.29, 1.82) is 0 Å². The van der Waals surface area contributed by atoms with Gasteiger partial charge < -0.3 is 14.6 Å². The van der Waals surface area contributed by atoms with Crippen LogP contribution in [0.2, 0.25) is 0 Å². The molecule has 5 atom stereocenters. The van der Waals surface area contributed by atoms with E-state index >= 15 is 0 Å². The van der Waals surface area contributed by atoms with Gasteiger partial charge in [-0.2, -0.15) is 0 Å². The second-order valence-electron chi connectivity index (χ2n) is 7.75. The molecular formula is C16H28N4O. The van der Waals surface area contributed by atoms with Crippen molar-refractivity contribution >= 4 is 0 Å². The Labute approximate surface area is 127 Å². The van der Waals surface area contributed by atoms with E-state index in [2.05, 4.69) is 61.6 Å². The molecule has 5 nitrogen and oxygen atoms in total. The van der Waals surface area contributed by atoms with Gasteiger partial charge in [-0.25, -0.2) is 0 Å². The van der Waals surface area contributed by atoms with Gasteiger partial charge in [-0.05, 0) is 25.2 Å². The highest BCUT2D eigenvalue weighted by atomic mass is 16.5. The highest BCUT2D eigenvalue weighted by Crippen LogP contribution is 2.41. The SMILES string of the molecule is CC1OC(C)C(c2nnc3n2CCNC3C(C)(C)C)C1C. The lowest BCUT2D eigenvalue weighted by atomic mass is 9.85. The van der Waals surface area contributed by atoms with Gasteiger partial charge in [0, 0.05) is 13.1 Å². The summed E-state index contributed by atoms with van der Waals surface area (Å²) in [7, 11) is 0. The fourth-order valence-electron chi connectivity index (χ4n) is 3.83. The number of hydrogen-bond acceptors (Lipinski definition) is 4. The second kappa shape index (κ2) is 5.06. The predicted molar refractivity (Wildman–Crippen MR) is 82.1 cm³/mol. The molecule has 21 heavy (non-hydrogen) atoms. The summed E-state index contributed by atoms with van der Waals surface area (Å²) in [6.45, 7) is 15.3. The zero-order chi connectivity index (χ0) is 15.4. The zero-order valence-corrected chi connectivity index (χ0v) is 14.1. The summed E-state index contributed by atoms with van der Waals surface area (Å²) >= 11 is 0. The first kappa shape index (κ1) is 15.0. The monoisotopic (exact) mass is 292 g/mol. The summed E-state index contributed by atoms with van der Waals surface area (Å²) in [4.78, 5) is 0. The van der Waals surface area contributed by atoms with Gasteiger partial charge in [0.1, 0.15) is 5.82 Å². The Hall–Kier alpha value is -0.940. The van der Waals surface area contributed by atoms with Gasteiger partial charge in [-0.1, -0.05) is 27.7 Å². The Morgan fingerprint density at radius 2 is 1.76 bits per heavy atom. The van der Waals surface area contributed by atoms with Gasteiger partial charge in [0.2, 0.25) is 0 Å². The third-order valence-electron chi connectivity index (χ3n) is 5.16. The molecule has 3 heterocycles. The Balaban J connectivity index is 1.98. The van der Waals surface area contributed by atoms with E-state index in [-0.39, 0.29) is 23.7 Å². The Bertz CT molecular complexity index is 519. The summed E-state index contributed by atoms with van der Waals surface area (Å²) in [6.07, 6.45) is 0.504. The number of rotatable bonds is 1. The summed E-state index contributed by atoms with van der Waals surface area (Å²) in [5.41, 5.74) is 0.138. The topological polar surface area (TPSA) is 52.0 Å². The maximum atomic E-state index is 6.00. The average Bonchev–Trinajstić information content (AvgIpc) is 2.90. The molecule has 1 aromatic rings. The van der Waals surface area contributed by atoms with Crippen LogP contribution in [0, 0.1) is 11.3 Å². The Kier molecular flexibility index (Phi) is 3.61. The van der Waals surface area contributed by atoms with E-state index in [0.717, 1.165) is 24.7 Å². The van der Waals surface area contributed by atoms with Crippen LogP contribution < -0.4 is 5.32 Å². The maximum Gasteiger partial charge on any atom is 0.150 e. The lowest BCUT2D eigenvalue weighted by molar-refractivity contribution is 0.0551. The zero-order valence-electron chi connectivity index (χ0n) is 14.1. The first-order valence-corrected chi connectivity index (χ1v) is 8.12. The summed E-state index contributed by atoms with van der Waals surface area (Å²) < 4.78 is 8.34. The highest BCUT2D eigenvalue weighted by Gasteiger charge is 2.43. The van der Waals surface area contributed by atoms with Crippen molar-refractivity contribution in [2.75, 3.05) is 6.54 Å². The van der Waals surface area contributed by atoms with Gasteiger partial charge in [0.15, 0.2) is 5.82 Å². The second-order valence-corrected chi connectivity index (χ2v) is 7.75. The normalized spacial score (nSPS) is 36.8. The van der Waals surface area contributed by atoms with Crippen molar-refractivity contribution in [3.05, 3.63) is 11.6 Å². The molecule has 0 amide bonds. The summed E-state index contributed by atoms with van der Waals surface area (Å²) in [5, 5.41) is 12.7. The molecule has 1 saturated heterocycles. The summed E-state index contributed by atoms with van der Waals surface area (Å²) in [5.74, 6) is 3.03. The molecule has 0 saturated carbocycles. The largest absolute Gasteiger partial charge is 0.374 e. The van der Waals surface area contributed by atoms with Gasteiger partial charge in [-0.15, -0.1) is 10.2 Å². The molecule has 118 valence electrons. The number of ether oxygens (including phenoxy) is 1. The van der Waals surface area contributed by atoms with Crippen molar-refractivity contribution in [2.24, 2.45) is 11.3 Å². The minimum atomic E-state index is 0.138. The molecule has 0 aromatic carbocycles. The number of hydrogen-bond donors (Lipinski definition) is 1. The van der Waals surface area contributed by atoms with Crippen molar-refractivity contribution < 1.29 is 4.74 Å². The number of nitrogens with one attached hydrogen (secondary N) is 1. The van der Waals surface area contributed by atoms with E-state index in [1.165, 1.54) is 0 Å². The van der Waals surface area contributed by atoms with E-state index in [0.29, 0.717) is 11.8 Å². The smallest absolute Gasteiger partial charge is 0.150 e. The van der Waals surface area contributed by atoms with Crippen LogP contribution in [-0.2, 0) is 11.3 Å². The third-order valence-corrected chi connectivity index (χ3v) is 5.16. The third kappa shape index (κ3) is 2.40. The molecule has 0 spiro atoms. The average molecular weight is 292 g/mol. The van der Waals surface area contributed by atoms with Crippen LogP contribution in [0.15, 0.2) is 0 Å². The van der Waals surface area contributed by atoms with Crippen LogP contribution >= 0.6 is 0 Å². The lowest BCUT2D eigenvalue weighted by Gasteiger charge is -2.35. The molecule has 1 N–H and O–H groups in total. The summed E-state index contributed by atoms with van der Waals surface area (Å²) in [6, 6.07) is 0.262. The highest BCUT2D eigenvalue weighted by molar-refractivity contribution is 5.14. The molecule has 2 aliphatic heterocycles.